The Labute approximate surface area is 132 Å². The summed E-state index contributed by atoms with van der Waals surface area (Å²) in [6.07, 6.45) is 0. The number of rotatable bonds is 12. The maximum absolute atomic E-state index is 13.8. The van der Waals surface area contributed by atoms with E-state index >= 15 is 0 Å². The predicted molar refractivity (Wildman–Crippen MR) is 84.1 cm³/mol. The number of hydrogen-bond donors (Lipinski definition) is 0. The first-order valence-corrected chi connectivity index (χ1v) is 7.80. The summed E-state index contributed by atoms with van der Waals surface area (Å²) >= 11 is 0. The monoisotopic (exact) mass is 314 g/mol. The quantitative estimate of drug-likeness (QED) is 0.554. The molecule has 126 valence electrons. The summed E-state index contributed by atoms with van der Waals surface area (Å²) in [6.45, 7) is 9.60. The average molecular weight is 314 g/mol. The van der Waals surface area contributed by atoms with Crippen LogP contribution in [0.3, 0.4) is 0 Å². The smallest absolute Gasteiger partial charge is 0.165 e. The second-order valence-electron chi connectivity index (χ2n) is 5.11. The fourth-order valence-electron chi connectivity index (χ4n) is 1.79. The highest BCUT2D eigenvalue weighted by Gasteiger charge is 2.06. The van der Waals surface area contributed by atoms with Crippen molar-refractivity contribution in [1.82, 2.24) is 0 Å². The predicted octanol–water partition coefficient (Wildman–Crippen LogP) is 3.40. The Bertz CT molecular complexity index is 410. The molecule has 0 spiro atoms. The molecule has 1 aromatic rings. The molecule has 0 aliphatic rings. The van der Waals surface area contributed by atoms with Gasteiger partial charge < -0.3 is 18.9 Å². The van der Waals surface area contributed by atoms with Crippen LogP contribution in [0.5, 0.6) is 5.75 Å². The van der Waals surface area contributed by atoms with Gasteiger partial charge in [-0.1, -0.05) is 19.9 Å². The van der Waals surface area contributed by atoms with E-state index in [0.29, 0.717) is 52.2 Å². The summed E-state index contributed by atoms with van der Waals surface area (Å²) < 4.78 is 35.0. The molecule has 0 N–H and O–H groups in total. The maximum atomic E-state index is 13.8. The van der Waals surface area contributed by atoms with E-state index in [9.17, 15) is 4.39 Å². The molecule has 5 heteroatoms. The van der Waals surface area contributed by atoms with Crippen molar-refractivity contribution in [2.75, 3.05) is 46.2 Å². The molecule has 0 aliphatic heterocycles. The van der Waals surface area contributed by atoms with Crippen molar-refractivity contribution < 1.29 is 23.3 Å². The fourth-order valence-corrected chi connectivity index (χ4v) is 1.79. The van der Waals surface area contributed by atoms with Crippen LogP contribution in [0, 0.1) is 5.82 Å². The summed E-state index contributed by atoms with van der Waals surface area (Å²) in [7, 11) is 0. The Morgan fingerprint density at radius 3 is 2.05 bits per heavy atom. The van der Waals surface area contributed by atoms with Crippen molar-refractivity contribution in [1.29, 1.82) is 0 Å². The van der Waals surface area contributed by atoms with Crippen LogP contribution >= 0.6 is 0 Å². The van der Waals surface area contributed by atoms with E-state index in [1.54, 1.807) is 6.07 Å². The lowest BCUT2D eigenvalue weighted by molar-refractivity contribution is 0.0112. The molecule has 0 unspecified atom stereocenters. The minimum atomic E-state index is -0.328. The van der Waals surface area contributed by atoms with Crippen molar-refractivity contribution in [3.05, 3.63) is 29.6 Å². The molecule has 0 atom stereocenters. The van der Waals surface area contributed by atoms with Crippen LogP contribution in [0.2, 0.25) is 0 Å². The summed E-state index contributed by atoms with van der Waals surface area (Å²) in [5.74, 6) is 0.237. The van der Waals surface area contributed by atoms with Crippen LogP contribution < -0.4 is 4.74 Å². The number of halogens is 1. The largest absolute Gasteiger partial charge is 0.488 e. The van der Waals surface area contributed by atoms with E-state index in [-0.39, 0.29) is 11.6 Å². The van der Waals surface area contributed by atoms with Crippen molar-refractivity contribution in [3.63, 3.8) is 0 Å². The number of ether oxygens (including phenoxy) is 4. The Kier molecular flexibility index (Phi) is 9.79. The molecule has 0 fully saturated rings. The third-order valence-corrected chi connectivity index (χ3v) is 3.06. The SMILES string of the molecule is CCOCCOCCOCCOc1ccc(C(C)C)cc1F. The average Bonchev–Trinajstić information content (AvgIpc) is 2.50. The van der Waals surface area contributed by atoms with Crippen LogP contribution in [0.15, 0.2) is 18.2 Å². The van der Waals surface area contributed by atoms with Crippen LogP contribution in [0.4, 0.5) is 4.39 Å². The minimum absolute atomic E-state index is 0.265. The molecule has 0 heterocycles. The van der Waals surface area contributed by atoms with E-state index in [2.05, 4.69) is 0 Å². The minimum Gasteiger partial charge on any atom is -0.488 e. The van der Waals surface area contributed by atoms with Gasteiger partial charge in [0.2, 0.25) is 0 Å². The molecule has 1 rings (SSSR count). The molecule has 0 aromatic heterocycles. The van der Waals surface area contributed by atoms with Gasteiger partial charge >= 0.3 is 0 Å². The number of hydrogen-bond acceptors (Lipinski definition) is 4. The first-order valence-electron chi connectivity index (χ1n) is 7.80. The molecular formula is C17H27FO4. The van der Waals surface area contributed by atoms with E-state index in [4.69, 9.17) is 18.9 Å². The zero-order valence-corrected chi connectivity index (χ0v) is 13.8. The standard InChI is InChI=1S/C17H27FO4/c1-4-19-7-8-20-9-10-21-11-12-22-17-6-5-15(14(2)3)13-16(17)18/h5-6,13-14H,4,7-12H2,1-3H3. The number of benzene rings is 1. The molecule has 0 radical (unpaired) electrons. The zero-order valence-electron chi connectivity index (χ0n) is 13.8. The van der Waals surface area contributed by atoms with E-state index in [0.717, 1.165) is 5.56 Å². The molecule has 1 aromatic carbocycles. The Morgan fingerprint density at radius 2 is 1.50 bits per heavy atom. The van der Waals surface area contributed by atoms with Crippen molar-refractivity contribution in [2.24, 2.45) is 0 Å². The van der Waals surface area contributed by atoms with Crippen LogP contribution in [0.25, 0.3) is 0 Å². The van der Waals surface area contributed by atoms with E-state index < -0.39 is 0 Å². The van der Waals surface area contributed by atoms with Gasteiger partial charge in [0.05, 0.1) is 33.0 Å². The highest BCUT2D eigenvalue weighted by molar-refractivity contribution is 5.30. The Morgan fingerprint density at radius 1 is 0.909 bits per heavy atom. The van der Waals surface area contributed by atoms with Gasteiger partial charge in [-0.2, -0.15) is 0 Å². The van der Waals surface area contributed by atoms with Crippen LogP contribution in [-0.4, -0.2) is 46.2 Å². The van der Waals surface area contributed by atoms with Crippen LogP contribution in [0.1, 0.15) is 32.3 Å². The van der Waals surface area contributed by atoms with Gasteiger partial charge in [0.1, 0.15) is 6.61 Å². The second-order valence-corrected chi connectivity index (χ2v) is 5.11. The van der Waals surface area contributed by atoms with Crippen molar-refractivity contribution in [3.8, 4) is 5.75 Å². The topological polar surface area (TPSA) is 36.9 Å². The van der Waals surface area contributed by atoms with E-state index in [1.165, 1.54) is 6.07 Å². The molecule has 0 saturated heterocycles. The lowest BCUT2D eigenvalue weighted by Crippen LogP contribution is -2.13. The van der Waals surface area contributed by atoms with Gasteiger partial charge in [0.25, 0.3) is 0 Å². The van der Waals surface area contributed by atoms with Crippen LogP contribution in [-0.2, 0) is 14.2 Å². The van der Waals surface area contributed by atoms with Crippen molar-refractivity contribution in [2.45, 2.75) is 26.7 Å². The highest BCUT2D eigenvalue weighted by Crippen LogP contribution is 2.22. The molecule has 0 amide bonds. The summed E-state index contributed by atoms with van der Waals surface area (Å²) in [5, 5.41) is 0. The molecule has 22 heavy (non-hydrogen) atoms. The maximum Gasteiger partial charge on any atom is 0.165 e. The Hall–Kier alpha value is -1.17. The van der Waals surface area contributed by atoms with Gasteiger partial charge in [-0.3, -0.25) is 0 Å². The fraction of sp³-hybridized carbons (Fsp3) is 0.647. The lowest BCUT2D eigenvalue weighted by atomic mass is 10.0. The Balaban J connectivity index is 2.07. The third-order valence-electron chi connectivity index (χ3n) is 3.06. The zero-order chi connectivity index (χ0) is 16.2. The second kappa shape index (κ2) is 11.4. The van der Waals surface area contributed by atoms with E-state index in [1.807, 2.05) is 26.8 Å². The third kappa shape index (κ3) is 7.73. The van der Waals surface area contributed by atoms with Gasteiger partial charge in [0, 0.05) is 6.61 Å². The normalized spacial score (nSPS) is 11.1. The van der Waals surface area contributed by atoms with Gasteiger partial charge in [0.15, 0.2) is 11.6 Å². The first kappa shape index (κ1) is 18.9. The van der Waals surface area contributed by atoms with Gasteiger partial charge in [-0.25, -0.2) is 4.39 Å². The lowest BCUT2D eigenvalue weighted by Gasteiger charge is -2.11. The first-order chi connectivity index (χ1) is 10.6. The molecule has 4 nitrogen and oxygen atoms in total. The van der Waals surface area contributed by atoms with Gasteiger partial charge in [-0.15, -0.1) is 0 Å². The summed E-state index contributed by atoms with van der Waals surface area (Å²) in [6, 6.07) is 5.07. The molecule has 0 aliphatic carbocycles. The molecular weight excluding hydrogens is 287 g/mol. The van der Waals surface area contributed by atoms with Crippen molar-refractivity contribution >= 4 is 0 Å². The summed E-state index contributed by atoms with van der Waals surface area (Å²) in [5.41, 5.74) is 0.963. The van der Waals surface area contributed by atoms with Gasteiger partial charge in [-0.05, 0) is 30.5 Å². The molecule has 0 bridgehead atoms. The summed E-state index contributed by atoms with van der Waals surface area (Å²) in [4.78, 5) is 0. The molecule has 0 saturated carbocycles. The highest BCUT2D eigenvalue weighted by atomic mass is 19.1.